The number of benzene rings is 1. The van der Waals surface area contributed by atoms with Crippen molar-refractivity contribution in [1.82, 2.24) is 15.2 Å². The molecule has 1 fully saturated rings. The second kappa shape index (κ2) is 5.85. The van der Waals surface area contributed by atoms with Crippen LogP contribution in [0, 0.1) is 5.82 Å². The zero-order chi connectivity index (χ0) is 13.9. The molecule has 3 nitrogen and oxygen atoms in total. The van der Waals surface area contributed by atoms with Crippen molar-refractivity contribution in [2.24, 2.45) is 0 Å². The fourth-order valence-electron chi connectivity index (χ4n) is 2.80. The lowest BCUT2D eigenvalue weighted by Crippen LogP contribution is -2.37. The van der Waals surface area contributed by atoms with Crippen LogP contribution in [-0.4, -0.2) is 35.6 Å². The number of nitrogens with zero attached hydrogens (tertiary/aromatic N) is 2. The molecule has 1 atom stereocenters. The Kier molecular flexibility index (Phi) is 3.94. The van der Waals surface area contributed by atoms with Crippen molar-refractivity contribution in [3.05, 3.63) is 42.0 Å². The van der Waals surface area contributed by atoms with Gasteiger partial charge in [0.1, 0.15) is 5.82 Å². The van der Waals surface area contributed by atoms with Crippen LogP contribution in [-0.2, 0) is 6.54 Å². The largest absolute Gasteiger partial charge is 0.315 e. The Bertz CT molecular complexity index is 599. The second-order valence-electron chi connectivity index (χ2n) is 5.54. The van der Waals surface area contributed by atoms with E-state index >= 15 is 0 Å². The van der Waals surface area contributed by atoms with Gasteiger partial charge in [-0.1, -0.05) is 0 Å². The average molecular weight is 273 g/mol. The molecule has 2 heterocycles. The monoisotopic (exact) mass is 273 g/mol. The van der Waals surface area contributed by atoms with E-state index < -0.39 is 0 Å². The Labute approximate surface area is 118 Å². The molecule has 0 bridgehead atoms. The smallest absolute Gasteiger partial charge is 0.128 e. The summed E-state index contributed by atoms with van der Waals surface area (Å²) in [5.74, 6) is -0.130. The molecule has 0 unspecified atom stereocenters. The van der Waals surface area contributed by atoms with Crippen LogP contribution in [0.3, 0.4) is 0 Å². The lowest BCUT2D eigenvalue weighted by Gasteiger charge is -2.26. The van der Waals surface area contributed by atoms with Gasteiger partial charge in [-0.05, 0) is 43.5 Å². The topological polar surface area (TPSA) is 28.2 Å². The van der Waals surface area contributed by atoms with E-state index in [2.05, 4.69) is 22.1 Å². The minimum absolute atomic E-state index is 0.130. The van der Waals surface area contributed by atoms with Crippen molar-refractivity contribution in [2.75, 3.05) is 19.6 Å². The first-order valence-electron chi connectivity index (χ1n) is 7.21. The summed E-state index contributed by atoms with van der Waals surface area (Å²) in [4.78, 5) is 6.39. The molecule has 1 aromatic carbocycles. The maximum Gasteiger partial charge on any atom is 0.128 e. The van der Waals surface area contributed by atoms with E-state index in [9.17, 15) is 4.39 Å². The number of hydrogen-bond donors (Lipinski definition) is 1. The summed E-state index contributed by atoms with van der Waals surface area (Å²) in [6, 6.07) is 5.92. The van der Waals surface area contributed by atoms with Gasteiger partial charge in [0, 0.05) is 49.0 Å². The van der Waals surface area contributed by atoms with Crippen LogP contribution in [0.15, 0.2) is 30.6 Å². The zero-order valence-electron chi connectivity index (χ0n) is 11.8. The summed E-state index contributed by atoms with van der Waals surface area (Å²) >= 11 is 0. The van der Waals surface area contributed by atoms with Gasteiger partial charge < -0.3 is 5.32 Å². The predicted octanol–water partition coefficient (Wildman–Crippen LogP) is 2.56. The van der Waals surface area contributed by atoms with Crippen LogP contribution in [0.2, 0.25) is 0 Å². The lowest BCUT2D eigenvalue weighted by atomic mass is 10.1. The first kappa shape index (κ1) is 13.5. The Balaban J connectivity index is 1.87. The summed E-state index contributed by atoms with van der Waals surface area (Å²) < 4.78 is 14.2. The Morgan fingerprint density at radius 1 is 1.40 bits per heavy atom. The van der Waals surface area contributed by atoms with Gasteiger partial charge >= 0.3 is 0 Å². The van der Waals surface area contributed by atoms with Crippen LogP contribution >= 0.6 is 0 Å². The summed E-state index contributed by atoms with van der Waals surface area (Å²) in [6.07, 6.45) is 4.58. The molecule has 106 valence electrons. The summed E-state index contributed by atoms with van der Waals surface area (Å²) in [5, 5.41) is 5.33. The van der Waals surface area contributed by atoms with Gasteiger partial charge in [0.25, 0.3) is 0 Å². The standard InChI is InChI=1S/C16H20FN3/c1-12-9-18-4-2-6-20(12)11-15-7-13-3-5-19-10-14(13)8-16(15)17/h3,5,7-8,10,12,18H,2,4,6,9,11H2,1H3/t12-/m1/s1. The summed E-state index contributed by atoms with van der Waals surface area (Å²) in [5.41, 5.74) is 0.775. The van der Waals surface area contributed by atoms with E-state index in [0.717, 1.165) is 42.4 Å². The number of fused-ring (bicyclic) bond motifs is 1. The highest BCUT2D eigenvalue weighted by Gasteiger charge is 2.18. The molecule has 1 aromatic heterocycles. The quantitative estimate of drug-likeness (QED) is 0.911. The molecule has 2 aromatic rings. The SMILES string of the molecule is C[C@@H]1CNCCCN1Cc1cc2ccncc2cc1F. The van der Waals surface area contributed by atoms with Gasteiger partial charge in [0.05, 0.1) is 0 Å². The molecule has 1 aliphatic heterocycles. The molecule has 0 aliphatic carbocycles. The third kappa shape index (κ3) is 2.81. The van der Waals surface area contributed by atoms with Gasteiger partial charge in [0.2, 0.25) is 0 Å². The predicted molar refractivity (Wildman–Crippen MR) is 79.1 cm³/mol. The van der Waals surface area contributed by atoms with Crippen LogP contribution in [0.5, 0.6) is 0 Å². The maximum absolute atomic E-state index is 14.2. The van der Waals surface area contributed by atoms with Gasteiger partial charge in [-0.25, -0.2) is 4.39 Å². The van der Waals surface area contributed by atoms with Crippen molar-refractivity contribution in [2.45, 2.75) is 25.9 Å². The van der Waals surface area contributed by atoms with Crippen LogP contribution in [0.25, 0.3) is 10.8 Å². The van der Waals surface area contributed by atoms with Crippen LogP contribution in [0.1, 0.15) is 18.9 Å². The molecular formula is C16H20FN3. The highest BCUT2D eigenvalue weighted by Crippen LogP contribution is 2.20. The molecule has 0 amide bonds. The number of nitrogens with one attached hydrogen (secondary N) is 1. The van der Waals surface area contributed by atoms with Gasteiger partial charge in [0.15, 0.2) is 0 Å². The number of aromatic nitrogens is 1. The first-order valence-corrected chi connectivity index (χ1v) is 7.21. The van der Waals surface area contributed by atoms with Crippen LogP contribution < -0.4 is 5.32 Å². The number of halogens is 1. The molecule has 1 aliphatic rings. The van der Waals surface area contributed by atoms with Crippen molar-refractivity contribution >= 4 is 10.8 Å². The van der Waals surface area contributed by atoms with Crippen molar-refractivity contribution in [3.63, 3.8) is 0 Å². The lowest BCUT2D eigenvalue weighted by molar-refractivity contribution is 0.211. The minimum Gasteiger partial charge on any atom is -0.315 e. The second-order valence-corrected chi connectivity index (χ2v) is 5.54. The average Bonchev–Trinajstić information content (AvgIpc) is 2.65. The van der Waals surface area contributed by atoms with E-state index in [1.807, 2.05) is 12.1 Å². The minimum atomic E-state index is -0.130. The molecule has 0 radical (unpaired) electrons. The first-order chi connectivity index (χ1) is 9.74. The van der Waals surface area contributed by atoms with E-state index in [0.29, 0.717) is 12.6 Å². The third-order valence-electron chi connectivity index (χ3n) is 4.04. The van der Waals surface area contributed by atoms with E-state index in [4.69, 9.17) is 0 Å². The Hall–Kier alpha value is -1.52. The van der Waals surface area contributed by atoms with E-state index in [1.54, 1.807) is 18.5 Å². The highest BCUT2D eigenvalue weighted by atomic mass is 19.1. The third-order valence-corrected chi connectivity index (χ3v) is 4.04. The molecule has 0 saturated carbocycles. The molecular weight excluding hydrogens is 253 g/mol. The molecule has 20 heavy (non-hydrogen) atoms. The van der Waals surface area contributed by atoms with E-state index in [-0.39, 0.29) is 5.82 Å². The molecule has 3 rings (SSSR count). The van der Waals surface area contributed by atoms with Gasteiger partial charge in [-0.15, -0.1) is 0 Å². The highest BCUT2D eigenvalue weighted by molar-refractivity contribution is 5.82. The normalized spacial score (nSPS) is 21.0. The Morgan fingerprint density at radius 2 is 2.30 bits per heavy atom. The summed E-state index contributed by atoms with van der Waals surface area (Å²) in [7, 11) is 0. The Morgan fingerprint density at radius 3 is 3.20 bits per heavy atom. The molecule has 4 heteroatoms. The van der Waals surface area contributed by atoms with Crippen LogP contribution in [0.4, 0.5) is 4.39 Å². The molecule has 1 N–H and O–H groups in total. The molecule has 0 spiro atoms. The van der Waals surface area contributed by atoms with Crippen molar-refractivity contribution < 1.29 is 4.39 Å². The fraction of sp³-hybridized carbons (Fsp3) is 0.438. The summed E-state index contributed by atoms with van der Waals surface area (Å²) in [6.45, 7) is 5.90. The fourth-order valence-corrected chi connectivity index (χ4v) is 2.80. The van der Waals surface area contributed by atoms with Crippen molar-refractivity contribution in [1.29, 1.82) is 0 Å². The zero-order valence-corrected chi connectivity index (χ0v) is 11.8. The maximum atomic E-state index is 14.2. The number of rotatable bonds is 2. The number of pyridine rings is 1. The van der Waals surface area contributed by atoms with Gasteiger partial charge in [-0.2, -0.15) is 0 Å². The molecule has 1 saturated heterocycles. The van der Waals surface area contributed by atoms with Gasteiger partial charge in [-0.3, -0.25) is 9.88 Å². The van der Waals surface area contributed by atoms with E-state index in [1.165, 1.54) is 0 Å². The number of hydrogen-bond acceptors (Lipinski definition) is 3. The van der Waals surface area contributed by atoms with Crippen molar-refractivity contribution in [3.8, 4) is 0 Å².